The van der Waals surface area contributed by atoms with E-state index in [4.69, 9.17) is 4.74 Å². The summed E-state index contributed by atoms with van der Waals surface area (Å²) in [6.45, 7) is 9.90. The van der Waals surface area contributed by atoms with Crippen LogP contribution in [0.5, 0.6) is 0 Å². The normalized spacial score (nSPS) is 9.85. The zero-order valence-electron chi connectivity index (χ0n) is 9.89. The minimum absolute atomic E-state index is 0.304. The Morgan fingerprint density at radius 1 is 1.23 bits per heavy atom. The largest absolute Gasteiger partial charge is 0.382 e. The van der Waals surface area contributed by atoms with Crippen molar-refractivity contribution in [1.29, 1.82) is 0 Å². The Kier molecular flexibility index (Phi) is 11.3. The molecule has 0 atom stereocenters. The van der Waals surface area contributed by atoms with E-state index in [1.807, 2.05) is 13.8 Å². The van der Waals surface area contributed by atoms with Crippen molar-refractivity contribution in [3.8, 4) is 0 Å². The highest BCUT2D eigenvalue weighted by molar-refractivity contribution is 5.75. The molecule has 0 aliphatic carbocycles. The van der Waals surface area contributed by atoms with Crippen molar-refractivity contribution in [2.45, 2.75) is 53.6 Å². The molecule has 0 aliphatic heterocycles. The topological polar surface area (TPSA) is 26.3 Å². The van der Waals surface area contributed by atoms with Gasteiger partial charge in [0.15, 0.2) is 0 Å². The van der Waals surface area contributed by atoms with Crippen molar-refractivity contribution >= 4 is 5.78 Å². The molecule has 0 rings (SSSR count). The highest BCUT2D eigenvalue weighted by Gasteiger charge is 1.95. The molecule has 2 nitrogen and oxygen atoms in total. The fourth-order valence-corrected chi connectivity index (χ4v) is 0.492. The first-order chi connectivity index (χ1) is 5.90. The molecular formula is C11H24O2. The Bertz CT molecular complexity index is 117. The summed E-state index contributed by atoms with van der Waals surface area (Å²) >= 11 is 0. The van der Waals surface area contributed by atoms with E-state index in [1.54, 1.807) is 14.0 Å². The smallest absolute Gasteiger partial charge is 0.129 e. The molecular weight excluding hydrogens is 164 g/mol. The van der Waals surface area contributed by atoms with Crippen LogP contribution in [0.2, 0.25) is 0 Å². The second-order valence-corrected chi connectivity index (χ2v) is 3.92. The lowest BCUT2D eigenvalue weighted by atomic mass is 10.1. The summed E-state index contributed by atoms with van der Waals surface area (Å²) in [7, 11) is 1.70. The van der Waals surface area contributed by atoms with Crippen LogP contribution in [0.1, 0.15) is 47.5 Å². The van der Waals surface area contributed by atoms with E-state index in [2.05, 4.69) is 13.8 Å². The fraction of sp³-hybridized carbons (Fsp3) is 0.909. The molecule has 0 unspecified atom stereocenters. The molecule has 0 amide bonds. The number of hydrogen-bond donors (Lipinski definition) is 0. The molecule has 0 saturated carbocycles. The van der Waals surface area contributed by atoms with Gasteiger partial charge in [-0.2, -0.15) is 0 Å². The number of hydrogen-bond acceptors (Lipinski definition) is 2. The van der Waals surface area contributed by atoms with E-state index in [1.165, 1.54) is 0 Å². The highest BCUT2D eigenvalue weighted by atomic mass is 16.5. The number of methoxy groups -OCH3 is 1. The van der Waals surface area contributed by atoms with Gasteiger partial charge in [-0.1, -0.05) is 13.8 Å². The van der Waals surface area contributed by atoms with E-state index in [0.717, 1.165) is 12.8 Å². The first-order valence-corrected chi connectivity index (χ1v) is 4.92. The van der Waals surface area contributed by atoms with Gasteiger partial charge in [-0.3, -0.25) is 0 Å². The molecule has 80 valence electrons. The van der Waals surface area contributed by atoms with Gasteiger partial charge < -0.3 is 9.53 Å². The monoisotopic (exact) mass is 188 g/mol. The highest BCUT2D eigenvalue weighted by Crippen LogP contribution is 2.02. The third-order valence-electron chi connectivity index (χ3n) is 1.55. The van der Waals surface area contributed by atoms with Gasteiger partial charge in [0.25, 0.3) is 0 Å². The van der Waals surface area contributed by atoms with Crippen LogP contribution >= 0.6 is 0 Å². The maximum absolute atomic E-state index is 10.3. The minimum Gasteiger partial charge on any atom is -0.382 e. The molecule has 0 fully saturated rings. The average molecular weight is 188 g/mol. The van der Waals surface area contributed by atoms with Crippen molar-refractivity contribution in [3.63, 3.8) is 0 Å². The molecule has 0 aliphatic rings. The second kappa shape index (κ2) is 9.72. The standard InChI is InChI=1S/C7H14O.C4H10O/c1-6(2)4-5-7(3)8;1-4(2)5-3/h6H,4-5H2,1-3H3;4H,1-3H3. The molecule has 13 heavy (non-hydrogen) atoms. The Labute approximate surface area is 82.7 Å². The maximum Gasteiger partial charge on any atom is 0.129 e. The number of Topliss-reactive ketones (excluding diaryl/α,β-unsaturated/α-hetero) is 1. The van der Waals surface area contributed by atoms with Gasteiger partial charge in [-0.25, -0.2) is 0 Å². The van der Waals surface area contributed by atoms with Crippen LogP contribution in [0.3, 0.4) is 0 Å². The fourth-order valence-electron chi connectivity index (χ4n) is 0.492. The molecule has 0 aromatic carbocycles. The van der Waals surface area contributed by atoms with E-state index in [0.29, 0.717) is 17.8 Å². The SMILES string of the molecule is CC(=O)CCC(C)C.COC(C)C. The van der Waals surface area contributed by atoms with Crippen LogP contribution < -0.4 is 0 Å². The zero-order chi connectivity index (χ0) is 10.9. The second-order valence-electron chi connectivity index (χ2n) is 3.92. The van der Waals surface area contributed by atoms with Crippen molar-refractivity contribution < 1.29 is 9.53 Å². The van der Waals surface area contributed by atoms with Gasteiger partial charge in [-0.15, -0.1) is 0 Å². The van der Waals surface area contributed by atoms with E-state index >= 15 is 0 Å². The average Bonchev–Trinajstić information content (AvgIpc) is 2.02. The molecule has 0 aromatic rings. The van der Waals surface area contributed by atoms with Crippen LogP contribution in [-0.4, -0.2) is 19.0 Å². The van der Waals surface area contributed by atoms with E-state index < -0.39 is 0 Å². The predicted molar refractivity (Wildman–Crippen MR) is 56.9 cm³/mol. The molecule has 2 heteroatoms. The van der Waals surface area contributed by atoms with Crippen molar-refractivity contribution in [2.75, 3.05) is 7.11 Å². The van der Waals surface area contributed by atoms with E-state index in [9.17, 15) is 4.79 Å². The van der Waals surface area contributed by atoms with E-state index in [-0.39, 0.29) is 0 Å². The number of ether oxygens (including phenoxy) is 1. The van der Waals surface area contributed by atoms with Gasteiger partial charge in [0, 0.05) is 13.5 Å². The van der Waals surface area contributed by atoms with Crippen molar-refractivity contribution in [3.05, 3.63) is 0 Å². The number of ketones is 1. The van der Waals surface area contributed by atoms with Crippen LogP contribution in [0, 0.1) is 5.92 Å². The lowest BCUT2D eigenvalue weighted by Crippen LogP contribution is -1.94. The quantitative estimate of drug-likeness (QED) is 0.677. The zero-order valence-corrected chi connectivity index (χ0v) is 9.89. The summed E-state index contributed by atoms with van der Waals surface area (Å²) in [5.74, 6) is 0.970. The molecule has 0 heterocycles. The number of rotatable bonds is 4. The lowest BCUT2D eigenvalue weighted by Gasteiger charge is -1.98. The molecule has 0 spiro atoms. The number of carbonyl (C=O) groups excluding carboxylic acids is 1. The van der Waals surface area contributed by atoms with Gasteiger partial charge in [0.1, 0.15) is 5.78 Å². The minimum atomic E-state index is 0.304. The van der Waals surface area contributed by atoms with Crippen molar-refractivity contribution in [1.82, 2.24) is 0 Å². The number of carbonyl (C=O) groups is 1. The molecule has 0 aromatic heterocycles. The summed E-state index contributed by atoms with van der Waals surface area (Å²) in [6.07, 6.45) is 2.17. The summed E-state index contributed by atoms with van der Waals surface area (Å²) in [6, 6.07) is 0. The van der Waals surface area contributed by atoms with Crippen LogP contribution in [-0.2, 0) is 9.53 Å². The lowest BCUT2D eigenvalue weighted by molar-refractivity contribution is -0.117. The third-order valence-corrected chi connectivity index (χ3v) is 1.55. The summed E-state index contributed by atoms with van der Waals surface area (Å²) in [4.78, 5) is 10.3. The van der Waals surface area contributed by atoms with Crippen LogP contribution in [0.25, 0.3) is 0 Å². The Morgan fingerprint density at radius 3 is 1.69 bits per heavy atom. The van der Waals surface area contributed by atoms with Crippen molar-refractivity contribution in [2.24, 2.45) is 5.92 Å². The van der Waals surface area contributed by atoms with Crippen LogP contribution in [0.15, 0.2) is 0 Å². The third kappa shape index (κ3) is 24.5. The van der Waals surface area contributed by atoms with Gasteiger partial charge >= 0.3 is 0 Å². The van der Waals surface area contributed by atoms with Crippen LogP contribution in [0.4, 0.5) is 0 Å². The molecule has 0 N–H and O–H groups in total. The van der Waals surface area contributed by atoms with Gasteiger partial charge in [0.05, 0.1) is 6.10 Å². The first kappa shape index (κ1) is 15.1. The van der Waals surface area contributed by atoms with Gasteiger partial charge in [-0.05, 0) is 33.1 Å². The first-order valence-electron chi connectivity index (χ1n) is 4.92. The summed E-state index contributed by atoms with van der Waals surface area (Å²) in [5, 5.41) is 0. The Hall–Kier alpha value is -0.370. The molecule has 0 saturated heterocycles. The Balaban J connectivity index is 0. The van der Waals surface area contributed by atoms with Gasteiger partial charge in [0.2, 0.25) is 0 Å². The molecule has 0 bridgehead atoms. The molecule has 0 radical (unpaired) electrons. The Morgan fingerprint density at radius 2 is 1.62 bits per heavy atom. The predicted octanol–water partition coefficient (Wildman–Crippen LogP) is 3.05. The maximum atomic E-state index is 10.3. The summed E-state index contributed by atoms with van der Waals surface area (Å²) < 4.78 is 4.75. The summed E-state index contributed by atoms with van der Waals surface area (Å²) in [5.41, 5.74) is 0.